The summed E-state index contributed by atoms with van der Waals surface area (Å²) in [5.74, 6) is 2.66. The summed E-state index contributed by atoms with van der Waals surface area (Å²) in [6, 6.07) is 9.90. The van der Waals surface area contributed by atoms with Crippen LogP contribution in [0.25, 0.3) is 0 Å². The van der Waals surface area contributed by atoms with E-state index in [1.54, 1.807) is 0 Å². The molecule has 1 rings (SSSR count). The number of hydrogen-bond acceptors (Lipinski definition) is 1. The molecule has 1 aromatic rings. The third-order valence-corrected chi connectivity index (χ3v) is 2.20. The van der Waals surface area contributed by atoms with Crippen LogP contribution >= 0.6 is 0 Å². The Morgan fingerprint density at radius 2 is 2.00 bits per heavy atom. The highest BCUT2D eigenvalue weighted by atomic mass is 16.5. The number of terminal acetylenes is 1. The average Bonchev–Trinajstić information content (AvgIpc) is 2.26. The Labute approximate surface area is 86.1 Å². The van der Waals surface area contributed by atoms with Crippen molar-refractivity contribution in [2.75, 3.05) is 0 Å². The Hall–Kier alpha value is -1.26. The van der Waals surface area contributed by atoms with E-state index >= 15 is 0 Å². The first kappa shape index (κ1) is 10.8. The van der Waals surface area contributed by atoms with Crippen molar-refractivity contribution in [2.24, 2.45) is 0 Å². The molecule has 0 spiro atoms. The van der Waals surface area contributed by atoms with Gasteiger partial charge in [-0.05, 0) is 18.9 Å². The summed E-state index contributed by atoms with van der Waals surface area (Å²) in [5, 5.41) is 0. The van der Waals surface area contributed by atoms with Crippen LogP contribution in [0.5, 0.6) is 0 Å². The molecule has 0 amide bonds. The second kappa shape index (κ2) is 5.47. The quantitative estimate of drug-likeness (QED) is 0.659. The van der Waals surface area contributed by atoms with Crippen molar-refractivity contribution in [2.45, 2.75) is 32.5 Å². The molecule has 0 radical (unpaired) electrons. The highest BCUT2D eigenvalue weighted by Gasteiger charge is 2.10. The van der Waals surface area contributed by atoms with Gasteiger partial charge in [-0.25, -0.2) is 0 Å². The number of rotatable bonds is 4. The molecule has 0 heterocycles. The van der Waals surface area contributed by atoms with Gasteiger partial charge < -0.3 is 4.74 Å². The van der Waals surface area contributed by atoms with Crippen molar-refractivity contribution < 1.29 is 4.74 Å². The molecule has 0 bridgehead atoms. The predicted octanol–water partition coefficient (Wildman–Crippen LogP) is 3.18. The lowest BCUT2D eigenvalue weighted by molar-refractivity contribution is 0.0269. The van der Waals surface area contributed by atoms with E-state index in [2.05, 4.69) is 12.8 Å². The number of benzene rings is 1. The first-order valence-electron chi connectivity index (χ1n) is 4.94. The minimum Gasteiger partial charge on any atom is -0.358 e. The first-order valence-corrected chi connectivity index (χ1v) is 4.94. The highest BCUT2D eigenvalue weighted by Crippen LogP contribution is 2.18. The highest BCUT2D eigenvalue weighted by molar-refractivity contribution is 5.23. The van der Waals surface area contributed by atoms with Crippen LogP contribution in [0, 0.1) is 12.3 Å². The molecule has 0 N–H and O–H groups in total. The minimum atomic E-state index is -0.217. The lowest BCUT2D eigenvalue weighted by Crippen LogP contribution is -2.11. The lowest BCUT2D eigenvalue weighted by atomic mass is 10.1. The Bertz CT molecular complexity index is 297. The fraction of sp³-hybridized carbons (Fsp3) is 0.385. The van der Waals surface area contributed by atoms with E-state index in [4.69, 9.17) is 11.2 Å². The molecule has 0 aliphatic rings. The molecule has 1 nitrogen and oxygen atoms in total. The lowest BCUT2D eigenvalue weighted by Gasteiger charge is -2.17. The topological polar surface area (TPSA) is 9.23 Å². The summed E-state index contributed by atoms with van der Waals surface area (Å²) in [6.45, 7) is 4.12. The fourth-order valence-electron chi connectivity index (χ4n) is 1.17. The van der Waals surface area contributed by atoms with Crippen LogP contribution in [0.4, 0.5) is 0 Å². The summed E-state index contributed by atoms with van der Waals surface area (Å²) in [4.78, 5) is 0. The minimum absolute atomic E-state index is 0.205. The van der Waals surface area contributed by atoms with E-state index in [1.807, 2.05) is 37.3 Å². The Kier molecular flexibility index (Phi) is 4.22. The summed E-state index contributed by atoms with van der Waals surface area (Å²) >= 11 is 0. The van der Waals surface area contributed by atoms with Gasteiger partial charge in [0.15, 0.2) is 0 Å². The van der Waals surface area contributed by atoms with Gasteiger partial charge in [0.2, 0.25) is 0 Å². The van der Waals surface area contributed by atoms with Gasteiger partial charge >= 0.3 is 0 Å². The van der Waals surface area contributed by atoms with Gasteiger partial charge in [-0.3, -0.25) is 0 Å². The zero-order valence-corrected chi connectivity index (χ0v) is 8.73. The van der Waals surface area contributed by atoms with E-state index < -0.39 is 0 Å². The number of ether oxygens (including phenoxy) is 1. The monoisotopic (exact) mass is 188 g/mol. The first-order chi connectivity index (χ1) is 6.77. The third-order valence-electron chi connectivity index (χ3n) is 2.20. The van der Waals surface area contributed by atoms with E-state index in [0.717, 1.165) is 12.0 Å². The zero-order valence-electron chi connectivity index (χ0n) is 8.73. The van der Waals surface area contributed by atoms with Crippen LogP contribution in [0.2, 0.25) is 0 Å². The Morgan fingerprint density at radius 3 is 2.50 bits per heavy atom. The number of hydrogen-bond donors (Lipinski definition) is 0. The SMILES string of the molecule is C#CC(OC(C)CC)c1ccccc1. The van der Waals surface area contributed by atoms with Crippen LogP contribution in [0.3, 0.4) is 0 Å². The van der Waals surface area contributed by atoms with E-state index in [1.165, 1.54) is 0 Å². The second-order valence-corrected chi connectivity index (χ2v) is 3.31. The molecule has 0 aliphatic carbocycles. The third kappa shape index (κ3) is 2.90. The van der Waals surface area contributed by atoms with Crippen LogP contribution in [0.1, 0.15) is 31.9 Å². The van der Waals surface area contributed by atoms with Crippen molar-refractivity contribution in [1.82, 2.24) is 0 Å². The van der Waals surface area contributed by atoms with Gasteiger partial charge in [0.05, 0.1) is 6.10 Å². The van der Waals surface area contributed by atoms with Gasteiger partial charge in [0.25, 0.3) is 0 Å². The van der Waals surface area contributed by atoms with Crippen molar-refractivity contribution in [3.8, 4) is 12.3 Å². The Morgan fingerprint density at radius 1 is 1.36 bits per heavy atom. The summed E-state index contributed by atoms with van der Waals surface area (Å²) in [5.41, 5.74) is 1.05. The molecule has 74 valence electrons. The molecule has 0 saturated heterocycles. The van der Waals surface area contributed by atoms with E-state index in [9.17, 15) is 0 Å². The molecule has 1 aromatic carbocycles. The van der Waals surface area contributed by atoms with E-state index in [-0.39, 0.29) is 12.2 Å². The molecule has 0 aliphatic heterocycles. The maximum atomic E-state index is 5.70. The van der Waals surface area contributed by atoms with Crippen LogP contribution < -0.4 is 0 Å². The van der Waals surface area contributed by atoms with Gasteiger partial charge in [0.1, 0.15) is 6.10 Å². The van der Waals surface area contributed by atoms with Gasteiger partial charge in [-0.15, -0.1) is 6.42 Å². The normalized spacial score (nSPS) is 14.4. The summed E-state index contributed by atoms with van der Waals surface area (Å²) in [7, 11) is 0. The molecule has 1 heteroatoms. The smallest absolute Gasteiger partial charge is 0.143 e. The molecular weight excluding hydrogens is 172 g/mol. The van der Waals surface area contributed by atoms with Crippen LogP contribution in [0.15, 0.2) is 30.3 Å². The molecule has 0 aromatic heterocycles. The average molecular weight is 188 g/mol. The van der Waals surface area contributed by atoms with E-state index in [0.29, 0.717) is 0 Å². The Balaban J connectivity index is 2.69. The standard InChI is InChI=1S/C13H16O/c1-4-11(3)14-13(5-2)12-9-7-6-8-10-12/h2,6-11,13H,4H2,1,3H3. The van der Waals surface area contributed by atoms with Gasteiger partial charge in [-0.2, -0.15) is 0 Å². The fourth-order valence-corrected chi connectivity index (χ4v) is 1.17. The second-order valence-electron chi connectivity index (χ2n) is 3.31. The maximum absolute atomic E-state index is 5.70. The predicted molar refractivity (Wildman–Crippen MR) is 58.9 cm³/mol. The van der Waals surface area contributed by atoms with Crippen LogP contribution in [-0.2, 0) is 4.74 Å². The summed E-state index contributed by atoms with van der Waals surface area (Å²) < 4.78 is 5.70. The molecule has 14 heavy (non-hydrogen) atoms. The van der Waals surface area contributed by atoms with Gasteiger partial charge in [0, 0.05) is 0 Å². The molecular formula is C13H16O. The molecule has 0 saturated carbocycles. The zero-order chi connectivity index (χ0) is 10.4. The molecule has 2 unspecified atom stereocenters. The maximum Gasteiger partial charge on any atom is 0.143 e. The molecule has 0 fully saturated rings. The van der Waals surface area contributed by atoms with Crippen molar-refractivity contribution in [3.05, 3.63) is 35.9 Å². The van der Waals surface area contributed by atoms with Crippen molar-refractivity contribution in [3.63, 3.8) is 0 Å². The van der Waals surface area contributed by atoms with Crippen molar-refractivity contribution >= 4 is 0 Å². The van der Waals surface area contributed by atoms with Crippen LogP contribution in [-0.4, -0.2) is 6.10 Å². The summed E-state index contributed by atoms with van der Waals surface area (Å²) in [6.07, 6.45) is 6.40. The molecule has 2 atom stereocenters. The largest absolute Gasteiger partial charge is 0.358 e. The van der Waals surface area contributed by atoms with Crippen molar-refractivity contribution in [1.29, 1.82) is 0 Å². The van der Waals surface area contributed by atoms with Gasteiger partial charge in [-0.1, -0.05) is 43.2 Å².